The second-order valence-corrected chi connectivity index (χ2v) is 8.73. The van der Waals surface area contributed by atoms with Crippen LogP contribution < -0.4 is 15.5 Å². The molecule has 4 heterocycles. The zero-order valence-electron chi connectivity index (χ0n) is 19.6. The Hall–Kier alpha value is -4.01. The summed E-state index contributed by atoms with van der Waals surface area (Å²) >= 11 is 0. The van der Waals surface area contributed by atoms with Crippen LogP contribution in [0.4, 0.5) is 21.7 Å². The Morgan fingerprint density at radius 3 is 2.77 bits per heavy atom. The minimum absolute atomic E-state index is 0.0233. The number of aliphatic imine (C=N–C) groups is 1. The highest BCUT2D eigenvalue weighted by molar-refractivity contribution is 6.07. The summed E-state index contributed by atoms with van der Waals surface area (Å²) in [5.41, 5.74) is 2.67. The van der Waals surface area contributed by atoms with E-state index in [-0.39, 0.29) is 23.5 Å². The maximum absolute atomic E-state index is 13.6. The van der Waals surface area contributed by atoms with Crippen LogP contribution in [-0.2, 0) is 6.42 Å². The van der Waals surface area contributed by atoms with E-state index in [1.165, 1.54) is 12.1 Å². The van der Waals surface area contributed by atoms with Crippen molar-refractivity contribution < 1.29 is 9.18 Å². The van der Waals surface area contributed by atoms with Crippen LogP contribution >= 0.6 is 0 Å². The molecule has 9 heteroatoms. The van der Waals surface area contributed by atoms with Gasteiger partial charge >= 0.3 is 5.69 Å². The van der Waals surface area contributed by atoms with Crippen LogP contribution in [-0.4, -0.2) is 46.3 Å². The van der Waals surface area contributed by atoms with Crippen molar-refractivity contribution in [3.05, 3.63) is 76.2 Å². The minimum atomic E-state index is -0.288. The van der Waals surface area contributed by atoms with Gasteiger partial charge in [-0.25, -0.2) is 19.2 Å². The molecule has 0 bridgehead atoms. The molecule has 2 aromatic heterocycles. The number of hydrogen-bond acceptors (Lipinski definition) is 5. The van der Waals surface area contributed by atoms with E-state index in [9.17, 15) is 14.0 Å². The van der Waals surface area contributed by atoms with Crippen molar-refractivity contribution in [1.82, 2.24) is 14.5 Å². The normalized spacial score (nSPS) is 16.2. The van der Waals surface area contributed by atoms with E-state index in [0.29, 0.717) is 43.1 Å². The van der Waals surface area contributed by atoms with Gasteiger partial charge in [0.1, 0.15) is 11.6 Å². The molecule has 2 aliphatic rings. The molecule has 1 saturated heterocycles. The summed E-state index contributed by atoms with van der Waals surface area (Å²) in [6.45, 7) is 7.58. The molecule has 1 aromatic carbocycles. The largest absolute Gasteiger partial charge is 0.356 e. The molecule has 0 unspecified atom stereocenters. The lowest BCUT2D eigenvalue weighted by Gasteiger charge is -2.33. The van der Waals surface area contributed by atoms with Crippen LogP contribution in [0.25, 0.3) is 6.08 Å². The number of aromatic nitrogens is 3. The smallest absolute Gasteiger partial charge is 0.327 e. The van der Waals surface area contributed by atoms with E-state index in [2.05, 4.69) is 26.4 Å². The van der Waals surface area contributed by atoms with Crippen molar-refractivity contribution in [3.8, 4) is 0 Å². The third kappa shape index (κ3) is 4.18. The van der Waals surface area contributed by atoms with E-state index >= 15 is 0 Å². The topological polar surface area (TPSA) is 86.6 Å². The van der Waals surface area contributed by atoms with Gasteiger partial charge in [-0.1, -0.05) is 6.58 Å². The lowest BCUT2D eigenvalue weighted by Crippen LogP contribution is -2.38. The predicted molar refractivity (Wildman–Crippen MR) is 135 cm³/mol. The fourth-order valence-electron chi connectivity index (χ4n) is 5.05. The highest BCUT2D eigenvalue weighted by atomic mass is 19.1. The molecule has 8 nitrogen and oxygen atoms in total. The number of rotatable bonds is 5. The highest BCUT2D eigenvalue weighted by Crippen LogP contribution is 2.31. The first-order valence-corrected chi connectivity index (χ1v) is 11.8. The van der Waals surface area contributed by atoms with E-state index in [0.717, 1.165) is 29.9 Å². The molecule has 0 atom stereocenters. The van der Waals surface area contributed by atoms with Gasteiger partial charge in [-0.05, 0) is 68.2 Å². The maximum Gasteiger partial charge on any atom is 0.327 e. The summed E-state index contributed by atoms with van der Waals surface area (Å²) in [4.78, 5) is 41.2. The van der Waals surface area contributed by atoms with Crippen LogP contribution in [0.5, 0.6) is 0 Å². The highest BCUT2D eigenvalue weighted by Gasteiger charge is 2.28. The Morgan fingerprint density at radius 1 is 1.23 bits per heavy atom. The Balaban J connectivity index is 1.31. The summed E-state index contributed by atoms with van der Waals surface area (Å²) in [5.74, 6) is 0.847. The standard InChI is InChI=1S/C26H27FN6O2/c1-3-21-24(28-4-2)30-26(35)33(21)20-9-12-31(13-10-20)23-16-18(7-11-29-23)25(34)32-14-8-17-15-19(27)5-6-22(17)32/h3-7,11,15-16,20H,1,8-10,12-14H2,2H3,(H,30,35)/b28-4-. The van der Waals surface area contributed by atoms with Crippen LogP contribution in [0.3, 0.4) is 0 Å². The molecule has 180 valence electrons. The number of H-pyrrole nitrogens is 1. The molecule has 0 radical (unpaired) electrons. The van der Waals surface area contributed by atoms with Crippen LogP contribution in [0, 0.1) is 5.82 Å². The summed E-state index contributed by atoms with van der Waals surface area (Å²) in [7, 11) is 0. The quantitative estimate of drug-likeness (QED) is 0.564. The van der Waals surface area contributed by atoms with Crippen molar-refractivity contribution in [3.63, 3.8) is 0 Å². The Kier molecular flexibility index (Phi) is 6.07. The molecular formula is C26H27FN6O2. The average Bonchev–Trinajstić information content (AvgIpc) is 3.43. The third-order valence-electron chi connectivity index (χ3n) is 6.73. The molecule has 35 heavy (non-hydrogen) atoms. The van der Waals surface area contributed by atoms with E-state index in [1.807, 2.05) is 6.07 Å². The van der Waals surface area contributed by atoms with Gasteiger partial charge in [0.25, 0.3) is 5.91 Å². The zero-order valence-corrected chi connectivity index (χ0v) is 19.6. The predicted octanol–water partition coefficient (Wildman–Crippen LogP) is 4.12. The number of imidazole rings is 1. The number of benzene rings is 1. The van der Waals surface area contributed by atoms with Gasteiger partial charge in [0.15, 0.2) is 5.82 Å². The van der Waals surface area contributed by atoms with Gasteiger partial charge in [0, 0.05) is 49.3 Å². The van der Waals surface area contributed by atoms with E-state index < -0.39 is 0 Å². The van der Waals surface area contributed by atoms with E-state index in [1.54, 1.807) is 47.0 Å². The number of carbonyl (C=O) groups is 1. The number of piperidine rings is 1. The number of anilines is 2. The van der Waals surface area contributed by atoms with Crippen molar-refractivity contribution >= 4 is 35.5 Å². The Bertz CT molecular complexity index is 1370. The first kappa shape index (κ1) is 22.8. The number of pyridine rings is 1. The van der Waals surface area contributed by atoms with Gasteiger partial charge in [-0.3, -0.25) is 14.3 Å². The molecule has 0 spiro atoms. The molecule has 1 fully saturated rings. The number of fused-ring (bicyclic) bond motifs is 1. The van der Waals surface area contributed by atoms with Crippen LogP contribution in [0.1, 0.15) is 47.4 Å². The molecule has 1 amide bonds. The summed E-state index contributed by atoms with van der Waals surface area (Å²) in [6.07, 6.45) is 7.09. The molecule has 1 N–H and O–H groups in total. The lowest BCUT2D eigenvalue weighted by atomic mass is 10.0. The minimum Gasteiger partial charge on any atom is -0.356 e. The fraction of sp³-hybridized carbons (Fsp3) is 0.308. The van der Waals surface area contributed by atoms with Gasteiger partial charge in [0.2, 0.25) is 0 Å². The second kappa shape index (κ2) is 9.32. The fourth-order valence-corrected chi connectivity index (χ4v) is 5.05. The first-order chi connectivity index (χ1) is 17.0. The zero-order chi connectivity index (χ0) is 24.5. The van der Waals surface area contributed by atoms with Crippen LogP contribution in [0.2, 0.25) is 0 Å². The third-order valence-corrected chi connectivity index (χ3v) is 6.73. The first-order valence-electron chi connectivity index (χ1n) is 11.8. The van der Waals surface area contributed by atoms with Crippen molar-refractivity contribution in [2.24, 2.45) is 4.99 Å². The molecular weight excluding hydrogens is 447 g/mol. The summed E-state index contributed by atoms with van der Waals surface area (Å²) in [5, 5.41) is 0. The van der Waals surface area contributed by atoms with Gasteiger partial charge in [0.05, 0.1) is 5.69 Å². The Labute approximate surface area is 202 Å². The lowest BCUT2D eigenvalue weighted by molar-refractivity contribution is 0.0989. The molecule has 5 rings (SSSR count). The molecule has 2 aliphatic heterocycles. The number of amides is 1. The molecule has 0 aliphatic carbocycles. The SMILES string of the molecule is C=Cc1c(/N=C\C)[nH]c(=O)n1C1CCN(c2cc(C(=O)N3CCc4cc(F)ccc43)ccn2)CC1. The average molecular weight is 475 g/mol. The van der Waals surface area contributed by atoms with Gasteiger partial charge in [-0.15, -0.1) is 0 Å². The number of carbonyl (C=O) groups excluding carboxylic acids is 1. The number of hydrogen-bond donors (Lipinski definition) is 1. The van der Waals surface area contributed by atoms with Crippen LogP contribution in [0.15, 0.2) is 52.9 Å². The van der Waals surface area contributed by atoms with Crippen molar-refractivity contribution in [2.45, 2.75) is 32.2 Å². The number of nitrogens with one attached hydrogen (secondary N) is 1. The molecule has 3 aromatic rings. The maximum atomic E-state index is 13.6. The molecule has 0 saturated carbocycles. The van der Waals surface area contributed by atoms with Crippen molar-refractivity contribution in [1.29, 1.82) is 0 Å². The second-order valence-electron chi connectivity index (χ2n) is 8.73. The van der Waals surface area contributed by atoms with Gasteiger partial charge in [-0.2, -0.15) is 0 Å². The van der Waals surface area contributed by atoms with Gasteiger partial charge < -0.3 is 9.80 Å². The van der Waals surface area contributed by atoms with E-state index in [4.69, 9.17) is 0 Å². The number of nitrogens with zero attached hydrogens (tertiary/aromatic N) is 5. The number of halogens is 1. The summed E-state index contributed by atoms with van der Waals surface area (Å²) in [6, 6.07) is 8.10. The Morgan fingerprint density at radius 2 is 2.03 bits per heavy atom. The van der Waals surface area contributed by atoms with Crippen molar-refractivity contribution in [2.75, 3.05) is 29.4 Å². The summed E-state index contributed by atoms with van der Waals surface area (Å²) < 4.78 is 15.3. The number of aromatic amines is 1. The monoisotopic (exact) mass is 474 g/mol.